The zero-order chi connectivity index (χ0) is 17.6. The molecule has 0 aromatic heterocycles. The van der Waals surface area contributed by atoms with Gasteiger partial charge in [-0.25, -0.2) is 0 Å². The lowest BCUT2D eigenvalue weighted by atomic mass is 9.96. The Labute approximate surface area is 141 Å². The van der Waals surface area contributed by atoms with Gasteiger partial charge in [-0.3, -0.25) is 20.4 Å². The van der Waals surface area contributed by atoms with Crippen LogP contribution in [0.5, 0.6) is 5.75 Å². The van der Waals surface area contributed by atoms with Gasteiger partial charge in [0.25, 0.3) is 5.91 Å². The molecule has 0 fully saturated rings. The molecule has 0 aliphatic rings. The third-order valence-electron chi connectivity index (χ3n) is 2.79. The van der Waals surface area contributed by atoms with Gasteiger partial charge < -0.3 is 10.1 Å². The Bertz CT molecular complexity index is 589. The summed E-state index contributed by atoms with van der Waals surface area (Å²) in [6.45, 7) is 9.05. The molecule has 1 rings (SSSR count). The molecule has 0 atom stereocenters. The maximum atomic E-state index is 11.7. The van der Waals surface area contributed by atoms with Gasteiger partial charge in [-0.05, 0) is 49.3 Å². The largest absolute Gasteiger partial charge is 0.484 e. The Kier molecular flexibility index (Phi) is 6.50. The third-order valence-corrected chi connectivity index (χ3v) is 2.99. The number of nitrogens with one attached hydrogen (secondary N) is 3. The summed E-state index contributed by atoms with van der Waals surface area (Å²) in [5.41, 5.74) is 6.39. The van der Waals surface area contributed by atoms with Crippen LogP contribution < -0.4 is 20.9 Å². The van der Waals surface area contributed by atoms with Crippen LogP contribution in [0.15, 0.2) is 18.2 Å². The summed E-state index contributed by atoms with van der Waals surface area (Å²) in [5, 5.41) is 2.52. The minimum absolute atomic E-state index is 0.0321. The molecule has 126 valence electrons. The number of rotatable bonds is 3. The van der Waals surface area contributed by atoms with Crippen molar-refractivity contribution in [2.24, 2.45) is 5.41 Å². The number of hydrogen-bond donors (Lipinski definition) is 3. The number of thiocarbonyl (C=S) groups is 1. The number of carbonyl (C=O) groups is 2. The molecule has 1 aromatic rings. The highest BCUT2D eigenvalue weighted by Gasteiger charge is 2.22. The second-order valence-corrected chi connectivity index (χ2v) is 6.73. The highest BCUT2D eigenvalue weighted by atomic mass is 32.1. The molecule has 1 aromatic carbocycles. The van der Waals surface area contributed by atoms with Crippen LogP contribution >= 0.6 is 12.2 Å². The number of hydrogen-bond acceptors (Lipinski definition) is 4. The normalized spacial score (nSPS) is 10.7. The number of aryl methyl sites for hydroxylation is 2. The van der Waals surface area contributed by atoms with Gasteiger partial charge in [0.05, 0.1) is 0 Å². The number of ether oxygens (including phenoxy) is 1. The minimum atomic E-state index is -0.568. The van der Waals surface area contributed by atoms with Gasteiger partial charge in [0.1, 0.15) is 5.75 Å². The van der Waals surface area contributed by atoms with Crippen LogP contribution in [0.3, 0.4) is 0 Å². The first-order chi connectivity index (χ1) is 10.6. The third kappa shape index (κ3) is 7.10. The molecule has 3 N–H and O–H groups in total. The molecule has 0 heterocycles. The molecule has 6 nitrogen and oxygen atoms in total. The molecule has 0 radical (unpaired) electrons. The first-order valence-electron chi connectivity index (χ1n) is 7.19. The monoisotopic (exact) mass is 337 g/mol. The highest BCUT2D eigenvalue weighted by Crippen LogP contribution is 2.15. The lowest BCUT2D eigenvalue weighted by Crippen LogP contribution is -2.51. The van der Waals surface area contributed by atoms with E-state index in [0.717, 1.165) is 11.1 Å². The summed E-state index contributed by atoms with van der Waals surface area (Å²) in [4.78, 5) is 23.4. The van der Waals surface area contributed by atoms with Gasteiger partial charge in [-0.15, -0.1) is 0 Å². The van der Waals surface area contributed by atoms with Crippen LogP contribution in [0.1, 0.15) is 31.9 Å². The van der Waals surface area contributed by atoms with E-state index >= 15 is 0 Å². The second kappa shape index (κ2) is 7.92. The van der Waals surface area contributed by atoms with Crippen LogP contribution in [-0.2, 0) is 9.59 Å². The zero-order valence-corrected chi connectivity index (χ0v) is 14.9. The Morgan fingerprint density at radius 3 is 2.17 bits per heavy atom. The molecule has 23 heavy (non-hydrogen) atoms. The van der Waals surface area contributed by atoms with E-state index in [4.69, 9.17) is 17.0 Å². The Hall–Kier alpha value is -2.15. The van der Waals surface area contributed by atoms with Crippen molar-refractivity contribution >= 4 is 29.1 Å². The summed E-state index contributed by atoms with van der Waals surface area (Å²) in [6, 6.07) is 5.72. The second-order valence-electron chi connectivity index (χ2n) is 6.32. The summed E-state index contributed by atoms with van der Waals surface area (Å²) < 4.78 is 5.41. The van der Waals surface area contributed by atoms with Crippen LogP contribution in [0.2, 0.25) is 0 Å². The van der Waals surface area contributed by atoms with Crippen molar-refractivity contribution in [1.29, 1.82) is 0 Å². The van der Waals surface area contributed by atoms with Crippen LogP contribution in [0, 0.1) is 19.3 Å². The Morgan fingerprint density at radius 1 is 1.09 bits per heavy atom. The molecule has 7 heteroatoms. The van der Waals surface area contributed by atoms with Crippen molar-refractivity contribution in [3.05, 3.63) is 29.3 Å². The fraction of sp³-hybridized carbons (Fsp3) is 0.438. The topological polar surface area (TPSA) is 79.5 Å². The minimum Gasteiger partial charge on any atom is -0.484 e. The Morgan fingerprint density at radius 2 is 1.65 bits per heavy atom. The summed E-state index contributed by atoms with van der Waals surface area (Å²) >= 11 is 4.93. The molecule has 0 spiro atoms. The maximum Gasteiger partial charge on any atom is 0.276 e. The smallest absolute Gasteiger partial charge is 0.276 e. The molecular weight excluding hydrogens is 314 g/mol. The van der Waals surface area contributed by atoms with Gasteiger partial charge in [-0.1, -0.05) is 26.8 Å². The number of carbonyl (C=O) groups excluding carboxylic acids is 2. The van der Waals surface area contributed by atoms with E-state index in [2.05, 4.69) is 16.2 Å². The Balaban J connectivity index is 2.37. The van der Waals surface area contributed by atoms with E-state index in [0.29, 0.717) is 5.75 Å². The van der Waals surface area contributed by atoms with Crippen molar-refractivity contribution in [2.45, 2.75) is 34.6 Å². The molecule has 0 bridgehead atoms. The van der Waals surface area contributed by atoms with Gasteiger partial charge in [-0.2, -0.15) is 0 Å². The zero-order valence-electron chi connectivity index (χ0n) is 14.1. The van der Waals surface area contributed by atoms with Gasteiger partial charge in [0, 0.05) is 5.41 Å². The molecular formula is C16H23N3O3S. The fourth-order valence-corrected chi connectivity index (χ4v) is 1.79. The van der Waals surface area contributed by atoms with E-state index in [1.54, 1.807) is 20.8 Å². The van der Waals surface area contributed by atoms with Crippen molar-refractivity contribution in [1.82, 2.24) is 16.2 Å². The molecule has 0 saturated heterocycles. The standard InChI is InChI=1S/C16H23N3O3S/c1-10-6-11(2)8-12(7-10)22-9-13(20)18-19-15(23)17-14(21)16(3,4)5/h6-8H,9H2,1-5H3,(H,18,20)(H2,17,19,21,23). The van der Waals surface area contributed by atoms with E-state index in [1.165, 1.54) is 0 Å². The van der Waals surface area contributed by atoms with Crippen molar-refractivity contribution < 1.29 is 14.3 Å². The quantitative estimate of drug-likeness (QED) is 0.578. The lowest BCUT2D eigenvalue weighted by molar-refractivity contribution is -0.127. The van der Waals surface area contributed by atoms with Crippen LogP contribution in [-0.4, -0.2) is 23.5 Å². The number of benzene rings is 1. The SMILES string of the molecule is Cc1cc(C)cc(OCC(=O)NNC(=S)NC(=O)C(C)(C)C)c1. The lowest BCUT2D eigenvalue weighted by Gasteiger charge is -2.18. The van der Waals surface area contributed by atoms with Crippen LogP contribution in [0.25, 0.3) is 0 Å². The highest BCUT2D eigenvalue weighted by molar-refractivity contribution is 7.80. The van der Waals surface area contributed by atoms with Crippen molar-refractivity contribution in [3.8, 4) is 5.75 Å². The first kappa shape index (κ1) is 18.9. The average molecular weight is 337 g/mol. The molecule has 0 aliphatic carbocycles. The van der Waals surface area contributed by atoms with Gasteiger partial charge in [0.15, 0.2) is 11.7 Å². The summed E-state index contributed by atoms with van der Waals surface area (Å²) in [6.07, 6.45) is 0. The molecule has 0 unspecified atom stereocenters. The van der Waals surface area contributed by atoms with Crippen LogP contribution in [0.4, 0.5) is 0 Å². The predicted molar refractivity (Wildman–Crippen MR) is 92.9 cm³/mol. The van der Waals surface area contributed by atoms with E-state index in [9.17, 15) is 9.59 Å². The van der Waals surface area contributed by atoms with E-state index in [1.807, 2.05) is 32.0 Å². The first-order valence-corrected chi connectivity index (χ1v) is 7.60. The number of hydrazine groups is 1. The average Bonchev–Trinajstić information content (AvgIpc) is 2.40. The molecule has 2 amide bonds. The fourth-order valence-electron chi connectivity index (χ4n) is 1.65. The summed E-state index contributed by atoms with van der Waals surface area (Å²) in [7, 11) is 0. The van der Waals surface area contributed by atoms with Gasteiger partial charge >= 0.3 is 0 Å². The van der Waals surface area contributed by atoms with E-state index in [-0.39, 0.29) is 17.6 Å². The predicted octanol–water partition coefficient (Wildman–Crippen LogP) is 1.75. The number of amides is 2. The van der Waals surface area contributed by atoms with Crippen molar-refractivity contribution in [2.75, 3.05) is 6.61 Å². The van der Waals surface area contributed by atoms with E-state index < -0.39 is 11.3 Å². The summed E-state index contributed by atoms with van der Waals surface area (Å²) in [5.74, 6) is -0.0199. The van der Waals surface area contributed by atoms with Gasteiger partial charge in [0.2, 0.25) is 5.91 Å². The van der Waals surface area contributed by atoms with Crippen molar-refractivity contribution in [3.63, 3.8) is 0 Å². The molecule has 0 saturated carbocycles. The molecule has 0 aliphatic heterocycles. The maximum absolute atomic E-state index is 11.7.